The van der Waals surface area contributed by atoms with E-state index in [1.807, 2.05) is 0 Å². The van der Waals surface area contributed by atoms with Gasteiger partial charge in [-0.05, 0) is 65.0 Å². The van der Waals surface area contributed by atoms with E-state index >= 15 is 0 Å². The van der Waals surface area contributed by atoms with E-state index in [9.17, 15) is 0 Å². The molecule has 0 radical (unpaired) electrons. The zero-order valence-corrected chi connectivity index (χ0v) is 26.6. The summed E-state index contributed by atoms with van der Waals surface area (Å²) in [6.07, 6.45) is 0. The largest absolute Gasteiger partial charge is 0.454 e. The van der Waals surface area contributed by atoms with Crippen LogP contribution in [0.5, 0.6) is 0 Å². The average Bonchev–Trinajstić information content (AvgIpc) is 3.72. The molecule has 10 rings (SSSR count). The van der Waals surface area contributed by atoms with Gasteiger partial charge in [0.25, 0.3) is 0 Å². The highest BCUT2D eigenvalue weighted by atomic mass is 16.3. The molecule has 0 amide bonds. The Bertz CT molecular complexity index is 2810. The molecule has 0 atom stereocenters. The normalized spacial score (nSPS) is 11.7. The molecule has 230 valence electrons. The number of furan rings is 1. The van der Waals surface area contributed by atoms with Crippen molar-refractivity contribution >= 4 is 71.6 Å². The molecule has 3 heteroatoms. The van der Waals surface area contributed by atoms with Crippen molar-refractivity contribution in [2.24, 2.45) is 0 Å². The highest BCUT2D eigenvalue weighted by Gasteiger charge is 2.26. The topological polar surface area (TPSA) is 21.3 Å². The highest BCUT2D eigenvalue weighted by Crippen LogP contribution is 2.49. The Morgan fingerprint density at radius 1 is 0.429 bits per heavy atom. The van der Waals surface area contributed by atoms with Gasteiger partial charge in [0.2, 0.25) is 0 Å². The third-order valence-electron chi connectivity index (χ3n) is 9.76. The van der Waals surface area contributed by atoms with E-state index in [0.717, 1.165) is 55.7 Å². The Hall–Kier alpha value is -6.58. The lowest BCUT2D eigenvalue weighted by Gasteiger charge is -2.27. The molecule has 0 fully saturated rings. The molecule has 0 bridgehead atoms. The van der Waals surface area contributed by atoms with Gasteiger partial charge in [0.15, 0.2) is 5.58 Å². The van der Waals surface area contributed by atoms with Gasteiger partial charge in [0.05, 0.1) is 22.4 Å². The Labute approximate surface area is 283 Å². The monoisotopic (exact) mass is 626 g/mol. The summed E-state index contributed by atoms with van der Waals surface area (Å²) < 4.78 is 9.33. The quantitative estimate of drug-likeness (QED) is 0.190. The predicted molar refractivity (Wildman–Crippen MR) is 206 cm³/mol. The standard InChI is InChI=1S/C46H30N2O/c1-3-14-31(15-4-1)32-26-28-35(29-27-32)48(39-24-13-17-33-16-7-8-20-36(33)39)42-30-41-44(45-38-22-10-12-25-43(38)49-46(42)45)37-21-9-11-23-40(37)47(41)34-18-5-2-6-19-34/h1-30H. The molecule has 0 unspecified atom stereocenters. The molecule has 0 saturated carbocycles. The van der Waals surface area contributed by atoms with Crippen LogP contribution in [-0.4, -0.2) is 4.57 Å². The lowest BCUT2D eigenvalue weighted by molar-refractivity contribution is 0.669. The summed E-state index contributed by atoms with van der Waals surface area (Å²) >= 11 is 0. The number of anilines is 3. The maximum atomic E-state index is 6.93. The Morgan fingerprint density at radius 3 is 1.88 bits per heavy atom. The molecule has 0 N–H and O–H groups in total. The van der Waals surface area contributed by atoms with E-state index in [2.05, 4.69) is 191 Å². The van der Waals surface area contributed by atoms with Crippen LogP contribution in [0.1, 0.15) is 0 Å². The van der Waals surface area contributed by atoms with Crippen molar-refractivity contribution < 1.29 is 4.42 Å². The molecule has 0 spiro atoms. The first kappa shape index (κ1) is 27.5. The predicted octanol–water partition coefficient (Wildman–Crippen LogP) is 13.0. The van der Waals surface area contributed by atoms with Crippen LogP contribution in [0.2, 0.25) is 0 Å². The van der Waals surface area contributed by atoms with Crippen molar-refractivity contribution in [1.82, 2.24) is 4.57 Å². The summed E-state index contributed by atoms with van der Waals surface area (Å²) in [5.74, 6) is 0. The van der Waals surface area contributed by atoms with Gasteiger partial charge in [-0.3, -0.25) is 0 Å². The fourth-order valence-electron chi connectivity index (χ4n) is 7.59. The van der Waals surface area contributed by atoms with Crippen molar-refractivity contribution in [3.8, 4) is 16.8 Å². The smallest absolute Gasteiger partial charge is 0.160 e. The summed E-state index contributed by atoms with van der Waals surface area (Å²) in [6, 6.07) is 64.8. The first-order valence-corrected chi connectivity index (χ1v) is 16.7. The minimum atomic E-state index is 0.865. The molecule has 3 nitrogen and oxygen atoms in total. The molecule has 10 aromatic rings. The molecule has 49 heavy (non-hydrogen) atoms. The van der Waals surface area contributed by atoms with Gasteiger partial charge in [-0.15, -0.1) is 0 Å². The van der Waals surface area contributed by atoms with Crippen LogP contribution in [-0.2, 0) is 0 Å². The average molecular weight is 627 g/mol. The second kappa shape index (κ2) is 11.0. The Morgan fingerprint density at radius 2 is 1.06 bits per heavy atom. The number of benzene rings is 8. The first-order chi connectivity index (χ1) is 24.3. The SMILES string of the molecule is c1ccc(-c2ccc(N(c3cccc4ccccc34)c3cc4c(c5ccccc5n4-c4ccccc4)c4c3oc3ccccc34)cc2)cc1. The number of nitrogens with zero attached hydrogens (tertiary/aromatic N) is 2. The van der Waals surface area contributed by atoms with E-state index in [1.54, 1.807) is 0 Å². The summed E-state index contributed by atoms with van der Waals surface area (Å²) in [5, 5.41) is 6.99. The zero-order valence-electron chi connectivity index (χ0n) is 26.6. The van der Waals surface area contributed by atoms with Gasteiger partial charge in [-0.2, -0.15) is 0 Å². The lowest BCUT2D eigenvalue weighted by atomic mass is 10.0. The van der Waals surface area contributed by atoms with Gasteiger partial charge < -0.3 is 13.9 Å². The molecule has 0 aliphatic carbocycles. The van der Waals surface area contributed by atoms with Gasteiger partial charge in [0.1, 0.15) is 5.58 Å². The lowest BCUT2D eigenvalue weighted by Crippen LogP contribution is -2.11. The third-order valence-corrected chi connectivity index (χ3v) is 9.76. The molecular formula is C46H30N2O. The van der Waals surface area contributed by atoms with Gasteiger partial charge in [-0.25, -0.2) is 0 Å². The highest BCUT2D eigenvalue weighted by molar-refractivity contribution is 6.30. The van der Waals surface area contributed by atoms with Crippen molar-refractivity contribution in [3.05, 3.63) is 182 Å². The summed E-state index contributed by atoms with van der Waals surface area (Å²) in [5.41, 5.74) is 10.7. The van der Waals surface area contributed by atoms with Crippen molar-refractivity contribution in [3.63, 3.8) is 0 Å². The summed E-state index contributed by atoms with van der Waals surface area (Å²) in [4.78, 5) is 2.38. The van der Waals surface area contributed by atoms with Gasteiger partial charge >= 0.3 is 0 Å². The molecular weight excluding hydrogens is 597 g/mol. The summed E-state index contributed by atoms with van der Waals surface area (Å²) in [6.45, 7) is 0. The first-order valence-electron chi connectivity index (χ1n) is 16.7. The third kappa shape index (κ3) is 4.29. The van der Waals surface area contributed by atoms with Crippen LogP contribution in [0.15, 0.2) is 186 Å². The number of rotatable bonds is 5. The molecule has 2 heterocycles. The van der Waals surface area contributed by atoms with Gasteiger partial charge in [0, 0.05) is 38.3 Å². The minimum Gasteiger partial charge on any atom is -0.454 e. The van der Waals surface area contributed by atoms with E-state index in [-0.39, 0.29) is 0 Å². The maximum Gasteiger partial charge on any atom is 0.160 e. The second-order valence-corrected chi connectivity index (χ2v) is 12.5. The van der Waals surface area contributed by atoms with Crippen LogP contribution in [0.4, 0.5) is 17.1 Å². The fourth-order valence-corrected chi connectivity index (χ4v) is 7.59. The summed E-state index contributed by atoms with van der Waals surface area (Å²) in [7, 11) is 0. The number of para-hydroxylation sites is 3. The number of fused-ring (bicyclic) bond motifs is 8. The van der Waals surface area contributed by atoms with Crippen LogP contribution in [0.25, 0.3) is 71.3 Å². The Balaban J connectivity index is 1.36. The number of hydrogen-bond acceptors (Lipinski definition) is 2. The van der Waals surface area contributed by atoms with E-state index in [0.29, 0.717) is 0 Å². The Kier molecular flexibility index (Phi) is 6.18. The molecule has 0 aliphatic rings. The fraction of sp³-hybridized carbons (Fsp3) is 0. The van der Waals surface area contributed by atoms with Crippen LogP contribution in [0.3, 0.4) is 0 Å². The number of aromatic nitrogens is 1. The van der Waals surface area contributed by atoms with E-state index in [1.165, 1.54) is 32.7 Å². The van der Waals surface area contributed by atoms with Crippen molar-refractivity contribution in [2.45, 2.75) is 0 Å². The van der Waals surface area contributed by atoms with E-state index in [4.69, 9.17) is 4.42 Å². The molecule has 8 aromatic carbocycles. The van der Waals surface area contributed by atoms with E-state index < -0.39 is 0 Å². The second-order valence-electron chi connectivity index (χ2n) is 12.5. The zero-order chi connectivity index (χ0) is 32.3. The van der Waals surface area contributed by atoms with Crippen molar-refractivity contribution in [1.29, 1.82) is 0 Å². The van der Waals surface area contributed by atoms with Gasteiger partial charge in [-0.1, -0.05) is 133 Å². The van der Waals surface area contributed by atoms with Crippen LogP contribution in [0, 0.1) is 0 Å². The van der Waals surface area contributed by atoms with Crippen molar-refractivity contribution in [2.75, 3.05) is 4.90 Å². The van der Waals surface area contributed by atoms with Crippen LogP contribution >= 0.6 is 0 Å². The minimum absolute atomic E-state index is 0.865. The molecule has 2 aromatic heterocycles. The molecule has 0 saturated heterocycles. The van der Waals surface area contributed by atoms with Crippen LogP contribution < -0.4 is 4.90 Å². The molecule has 0 aliphatic heterocycles. The maximum absolute atomic E-state index is 6.93. The number of hydrogen-bond donors (Lipinski definition) is 0.